The lowest BCUT2D eigenvalue weighted by atomic mass is 10.1. The van der Waals surface area contributed by atoms with Crippen LogP contribution in [0.15, 0.2) is 18.2 Å². The number of anilines is 1. The van der Waals surface area contributed by atoms with E-state index in [2.05, 4.69) is 0 Å². The first kappa shape index (κ1) is 9.58. The van der Waals surface area contributed by atoms with Gasteiger partial charge in [-0.2, -0.15) is 0 Å². The SMILES string of the molecule is CCC(=O)c1cccc(N)c1OC. The molecule has 0 aliphatic rings. The minimum atomic E-state index is 0.0455. The molecule has 0 saturated carbocycles. The lowest BCUT2D eigenvalue weighted by Gasteiger charge is -2.08. The first-order chi connectivity index (χ1) is 6.20. The number of Topliss-reactive ketones (excluding diaryl/α,β-unsaturated/α-hetero) is 1. The van der Waals surface area contributed by atoms with Gasteiger partial charge in [0.15, 0.2) is 11.5 Å². The van der Waals surface area contributed by atoms with Crippen LogP contribution in [0.3, 0.4) is 0 Å². The summed E-state index contributed by atoms with van der Waals surface area (Å²) in [6, 6.07) is 5.19. The van der Waals surface area contributed by atoms with Crippen LogP contribution in [0, 0.1) is 0 Å². The molecular formula is C10H13NO2. The standard InChI is InChI=1S/C10H13NO2/c1-3-9(12)7-5-4-6-8(11)10(7)13-2/h4-6H,3,11H2,1-2H3. The van der Waals surface area contributed by atoms with Gasteiger partial charge in [0.1, 0.15) is 0 Å². The number of hydrogen-bond donors (Lipinski definition) is 1. The van der Waals surface area contributed by atoms with E-state index in [0.29, 0.717) is 23.4 Å². The third kappa shape index (κ3) is 1.80. The van der Waals surface area contributed by atoms with Crippen molar-refractivity contribution in [3.05, 3.63) is 23.8 Å². The molecule has 1 aromatic rings. The summed E-state index contributed by atoms with van der Waals surface area (Å²) in [5.74, 6) is 0.526. The summed E-state index contributed by atoms with van der Waals surface area (Å²) in [6.07, 6.45) is 0.458. The number of para-hydroxylation sites is 1. The third-order valence-electron chi connectivity index (χ3n) is 1.87. The molecule has 0 heterocycles. The first-order valence-corrected chi connectivity index (χ1v) is 4.16. The van der Waals surface area contributed by atoms with E-state index in [0.717, 1.165) is 0 Å². The number of nitrogen functional groups attached to an aromatic ring is 1. The fourth-order valence-electron chi connectivity index (χ4n) is 1.19. The molecule has 0 aliphatic heterocycles. The number of rotatable bonds is 3. The lowest BCUT2D eigenvalue weighted by Crippen LogP contribution is -2.02. The van der Waals surface area contributed by atoms with E-state index >= 15 is 0 Å². The van der Waals surface area contributed by atoms with Crippen LogP contribution in [0.2, 0.25) is 0 Å². The predicted octanol–water partition coefficient (Wildman–Crippen LogP) is 1.87. The molecule has 0 spiro atoms. The van der Waals surface area contributed by atoms with Crippen LogP contribution in [-0.2, 0) is 0 Å². The topological polar surface area (TPSA) is 52.3 Å². The van der Waals surface area contributed by atoms with Gasteiger partial charge in [0.25, 0.3) is 0 Å². The Morgan fingerprint density at radius 2 is 2.23 bits per heavy atom. The quantitative estimate of drug-likeness (QED) is 0.569. The maximum atomic E-state index is 11.4. The molecule has 3 nitrogen and oxygen atoms in total. The van der Waals surface area contributed by atoms with E-state index in [1.807, 2.05) is 6.92 Å². The van der Waals surface area contributed by atoms with Crippen LogP contribution in [0.25, 0.3) is 0 Å². The number of ketones is 1. The monoisotopic (exact) mass is 179 g/mol. The minimum absolute atomic E-state index is 0.0455. The molecule has 0 aliphatic carbocycles. The summed E-state index contributed by atoms with van der Waals surface area (Å²) in [4.78, 5) is 11.4. The first-order valence-electron chi connectivity index (χ1n) is 4.16. The van der Waals surface area contributed by atoms with Crippen LogP contribution < -0.4 is 10.5 Å². The molecule has 0 saturated heterocycles. The molecule has 3 heteroatoms. The van der Waals surface area contributed by atoms with Gasteiger partial charge in [-0.05, 0) is 12.1 Å². The fraction of sp³-hybridized carbons (Fsp3) is 0.300. The summed E-state index contributed by atoms with van der Waals surface area (Å²) >= 11 is 0. The second kappa shape index (κ2) is 3.94. The number of ether oxygens (including phenoxy) is 1. The molecule has 0 unspecified atom stereocenters. The Kier molecular flexibility index (Phi) is 2.90. The highest BCUT2D eigenvalue weighted by Gasteiger charge is 2.11. The third-order valence-corrected chi connectivity index (χ3v) is 1.87. The lowest BCUT2D eigenvalue weighted by molar-refractivity contribution is 0.0985. The van der Waals surface area contributed by atoms with Crippen molar-refractivity contribution in [1.82, 2.24) is 0 Å². The van der Waals surface area contributed by atoms with Crippen molar-refractivity contribution in [3.63, 3.8) is 0 Å². The van der Waals surface area contributed by atoms with Crippen LogP contribution in [0.4, 0.5) is 5.69 Å². The molecule has 0 amide bonds. The Balaban J connectivity index is 3.20. The van der Waals surface area contributed by atoms with Gasteiger partial charge in [-0.1, -0.05) is 13.0 Å². The number of methoxy groups -OCH3 is 1. The van der Waals surface area contributed by atoms with Crippen LogP contribution in [0.5, 0.6) is 5.75 Å². The van der Waals surface area contributed by atoms with Crippen molar-refractivity contribution < 1.29 is 9.53 Å². The maximum absolute atomic E-state index is 11.4. The van der Waals surface area contributed by atoms with Gasteiger partial charge in [-0.15, -0.1) is 0 Å². The smallest absolute Gasteiger partial charge is 0.166 e. The Labute approximate surface area is 77.5 Å². The average Bonchev–Trinajstić information content (AvgIpc) is 2.16. The molecule has 13 heavy (non-hydrogen) atoms. The van der Waals surface area contributed by atoms with E-state index in [1.165, 1.54) is 7.11 Å². The van der Waals surface area contributed by atoms with Gasteiger partial charge < -0.3 is 10.5 Å². The molecule has 0 aromatic heterocycles. The summed E-state index contributed by atoms with van der Waals surface area (Å²) < 4.78 is 5.05. The second-order valence-corrected chi connectivity index (χ2v) is 2.70. The predicted molar refractivity (Wildman–Crippen MR) is 52.0 cm³/mol. The zero-order valence-corrected chi connectivity index (χ0v) is 7.83. The molecule has 0 fully saturated rings. The van der Waals surface area contributed by atoms with Gasteiger partial charge >= 0.3 is 0 Å². The summed E-state index contributed by atoms with van der Waals surface area (Å²) in [6.45, 7) is 1.81. The van der Waals surface area contributed by atoms with E-state index in [-0.39, 0.29) is 5.78 Å². The molecule has 2 N–H and O–H groups in total. The molecule has 1 rings (SSSR count). The van der Waals surface area contributed by atoms with Crippen molar-refractivity contribution in [1.29, 1.82) is 0 Å². The van der Waals surface area contributed by atoms with Gasteiger partial charge in [0.2, 0.25) is 0 Å². The number of carbonyl (C=O) groups is 1. The van der Waals surface area contributed by atoms with Crippen molar-refractivity contribution >= 4 is 11.5 Å². The summed E-state index contributed by atoms with van der Waals surface area (Å²) in [7, 11) is 1.51. The number of hydrogen-bond acceptors (Lipinski definition) is 3. The Bertz CT molecular complexity index is 321. The molecule has 0 radical (unpaired) electrons. The summed E-state index contributed by atoms with van der Waals surface area (Å²) in [5.41, 5.74) is 6.71. The van der Waals surface area contributed by atoms with Crippen LogP contribution in [-0.4, -0.2) is 12.9 Å². The van der Waals surface area contributed by atoms with Gasteiger partial charge in [0, 0.05) is 6.42 Å². The highest BCUT2D eigenvalue weighted by Crippen LogP contribution is 2.26. The van der Waals surface area contributed by atoms with Gasteiger partial charge in [-0.25, -0.2) is 0 Å². The highest BCUT2D eigenvalue weighted by atomic mass is 16.5. The van der Waals surface area contributed by atoms with Crippen molar-refractivity contribution in [2.45, 2.75) is 13.3 Å². The zero-order chi connectivity index (χ0) is 9.84. The molecule has 1 aromatic carbocycles. The van der Waals surface area contributed by atoms with Crippen LogP contribution >= 0.6 is 0 Å². The second-order valence-electron chi connectivity index (χ2n) is 2.70. The van der Waals surface area contributed by atoms with Crippen LogP contribution in [0.1, 0.15) is 23.7 Å². The van der Waals surface area contributed by atoms with Gasteiger partial charge in [0.05, 0.1) is 18.4 Å². The average molecular weight is 179 g/mol. The van der Waals surface area contributed by atoms with Crippen molar-refractivity contribution in [2.75, 3.05) is 12.8 Å². The normalized spacial score (nSPS) is 9.69. The number of benzene rings is 1. The van der Waals surface area contributed by atoms with E-state index in [1.54, 1.807) is 18.2 Å². The fourth-order valence-corrected chi connectivity index (χ4v) is 1.19. The molecule has 0 atom stereocenters. The zero-order valence-electron chi connectivity index (χ0n) is 7.83. The highest BCUT2D eigenvalue weighted by molar-refractivity contribution is 6.00. The molecular weight excluding hydrogens is 166 g/mol. The largest absolute Gasteiger partial charge is 0.494 e. The Morgan fingerprint density at radius 1 is 1.54 bits per heavy atom. The maximum Gasteiger partial charge on any atom is 0.166 e. The van der Waals surface area contributed by atoms with E-state index in [4.69, 9.17) is 10.5 Å². The van der Waals surface area contributed by atoms with Crippen molar-refractivity contribution in [2.24, 2.45) is 0 Å². The van der Waals surface area contributed by atoms with Gasteiger partial charge in [-0.3, -0.25) is 4.79 Å². The molecule has 0 bridgehead atoms. The number of nitrogens with two attached hydrogens (primary N) is 1. The minimum Gasteiger partial charge on any atom is -0.494 e. The Morgan fingerprint density at radius 3 is 2.77 bits per heavy atom. The van der Waals surface area contributed by atoms with Crippen molar-refractivity contribution in [3.8, 4) is 5.75 Å². The van der Waals surface area contributed by atoms with E-state index < -0.39 is 0 Å². The molecule has 70 valence electrons. The van der Waals surface area contributed by atoms with E-state index in [9.17, 15) is 4.79 Å². The Hall–Kier alpha value is -1.51. The number of carbonyl (C=O) groups excluding carboxylic acids is 1. The summed E-state index contributed by atoms with van der Waals surface area (Å²) in [5, 5.41) is 0.